The highest BCUT2D eigenvalue weighted by Crippen LogP contribution is 2.22. The number of aryl methyl sites for hydroxylation is 1. The molecule has 28 heavy (non-hydrogen) atoms. The third-order valence-electron chi connectivity index (χ3n) is 4.09. The first-order valence-corrected chi connectivity index (χ1v) is 9.82. The molecule has 1 amide bonds. The zero-order chi connectivity index (χ0) is 20.9. The van der Waals surface area contributed by atoms with Crippen molar-refractivity contribution in [1.29, 1.82) is 0 Å². The fraction of sp³-hybridized carbons (Fsp3) is 0.278. The normalized spacial score (nSPS) is 11.4. The van der Waals surface area contributed by atoms with Crippen molar-refractivity contribution in [3.8, 4) is 0 Å². The lowest BCUT2D eigenvalue weighted by atomic mass is 10.2. The molecule has 0 aromatic heterocycles. The molecule has 0 unspecified atom stereocenters. The molecule has 2 aromatic carbocycles. The van der Waals surface area contributed by atoms with Crippen LogP contribution >= 0.6 is 0 Å². The molecule has 0 saturated carbocycles. The van der Waals surface area contributed by atoms with Crippen LogP contribution in [0.15, 0.2) is 47.4 Å². The molecule has 1 N–H and O–H groups in total. The molecule has 0 radical (unpaired) electrons. The standard InChI is InChI=1S/C18H20FN3O5S/c1-13-5-8-15(12-17(13)22(24)25)20-18(23)4-3-11-21(2)28(26,27)16-9-6-14(19)7-10-16/h5-10,12H,3-4,11H2,1-2H3,(H,20,23). The maximum Gasteiger partial charge on any atom is 0.274 e. The fourth-order valence-corrected chi connectivity index (χ4v) is 3.69. The summed E-state index contributed by atoms with van der Waals surface area (Å²) in [7, 11) is -2.40. The quantitative estimate of drug-likeness (QED) is 0.532. The monoisotopic (exact) mass is 409 g/mol. The SMILES string of the molecule is Cc1ccc(NC(=O)CCCN(C)S(=O)(=O)c2ccc(F)cc2)cc1[N+](=O)[O-]. The van der Waals surface area contributed by atoms with Crippen LogP contribution in [-0.2, 0) is 14.8 Å². The van der Waals surface area contributed by atoms with Gasteiger partial charge in [0.2, 0.25) is 15.9 Å². The van der Waals surface area contributed by atoms with Crippen molar-refractivity contribution >= 4 is 27.3 Å². The van der Waals surface area contributed by atoms with Gasteiger partial charge in [0.05, 0.1) is 9.82 Å². The first kappa shape index (κ1) is 21.5. The Bertz CT molecular complexity index is 977. The van der Waals surface area contributed by atoms with Crippen LogP contribution in [0, 0.1) is 22.9 Å². The number of hydrogen-bond donors (Lipinski definition) is 1. The number of amides is 1. The number of halogens is 1. The van der Waals surface area contributed by atoms with Crippen LogP contribution in [0.25, 0.3) is 0 Å². The minimum Gasteiger partial charge on any atom is -0.326 e. The molecule has 2 aromatic rings. The number of nitrogens with zero attached hydrogens (tertiary/aromatic N) is 2. The first-order chi connectivity index (χ1) is 13.1. The van der Waals surface area contributed by atoms with Crippen molar-refractivity contribution in [2.24, 2.45) is 0 Å². The van der Waals surface area contributed by atoms with E-state index in [1.807, 2.05) is 0 Å². The van der Waals surface area contributed by atoms with Gasteiger partial charge < -0.3 is 5.32 Å². The minimum atomic E-state index is -3.77. The van der Waals surface area contributed by atoms with Crippen molar-refractivity contribution in [3.05, 3.63) is 64.0 Å². The molecule has 0 bridgehead atoms. The van der Waals surface area contributed by atoms with Crippen LogP contribution in [0.5, 0.6) is 0 Å². The maximum atomic E-state index is 12.9. The van der Waals surface area contributed by atoms with Gasteiger partial charge in [0.15, 0.2) is 0 Å². The molecule has 0 aliphatic rings. The second kappa shape index (κ2) is 8.89. The molecule has 0 spiro atoms. The van der Waals surface area contributed by atoms with Gasteiger partial charge in [0, 0.05) is 37.3 Å². The lowest BCUT2D eigenvalue weighted by molar-refractivity contribution is -0.385. The van der Waals surface area contributed by atoms with Crippen LogP contribution in [-0.4, -0.2) is 37.1 Å². The van der Waals surface area contributed by atoms with Gasteiger partial charge in [-0.05, 0) is 43.7 Å². The van der Waals surface area contributed by atoms with Crippen LogP contribution < -0.4 is 5.32 Å². The largest absolute Gasteiger partial charge is 0.326 e. The molecular formula is C18H20FN3O5S. The van der Waals surface area contributed by atoms with E-state index in [0.717, 1.165) is 16.4 Å². The van der Waals surface area contributed by atoms with Crippen LogP contribution in [0.2, 0.25) is 0 Å². The summed E-state index contributed by atoms with van der Waals surface area (Å²) >= 11 is 0. The van der Waals surface area contributed by atoms with Gasteiger partial charge in [-0.25, -0.2) is 17.1 Å². The summed E-state index contributed by atoms with van der Waals surface area (Å²) in [6.07, 6.45) is 0.279. The van der Waals surface area contributed by atoms with E-state index in [1.165, 1.54) is 31.3 Å². The molecule has 0 aliphatic carbocycles. The topological polar surface area (TPSA) is 110 Å². The minimum absolute atomic E-state index is 0.0327. The van der Waals surface area contributed by atoms with E-state index in [9.17, 15) is 27.7 Å². The van der Waals surface area contributed by atoms with Gasteiger partial charge in [-0.3, -0.25) is 14.9 Å². The number of carbonyl (C=O) groups excluding carboxylic acids is 1. The fourth-order valence-electron chi connectivity index (χ4n) is 2.48. The molecule has 8 nitrogen and oxygen atoms in total. The second-order valence-corrected chi connectivity index (χ2v) is 8.24. The molecule has 0 saturated heterocycles. The third-order valence-corrected chi connectivity index (χ3v) is 5.96. The zero-order valence-corrected chi connectivity index (χ0v) is 16.2. The average Bonchev–Trinajstić information content (AvgIpc) is 2.63. The highest BCUT2D eigenvalue weighted by atomic mass is 32.2. The smallest absolute Gasteiger partial charge is 0.274 e. The van der Waals surface area contributed by atoms with Crippen LogP contribution in [0.3, 0.4) is 0 Å². The second-order valence-electron chi connectivity index (χ2n) is 6.19. The molecule has 10 heteroatoms. The van der Waals surface area contributed by atoms with Gasteiger partial charge in [-0.2, -0.15) is 0 Å². The Morgan fingerprint density at radius 2 is 1.86 bits per heavy atom. The van der Waals surface area contributed by atoms with Crippen LogP contribution in [0.1, 0.15) is 18.4 Å². The van der Waals surface area contributed by atoms with Gasteiger partial charge in [-0.1, -0.05) is 6.07 Å². The summed E-state index contributed by atoms with van der Waals surface area (Å²) in [4.78, 5) is 22.4. The summed E-state index contributed by atoms with van der Waals surface area (Å²) in [6.45, 7) is 1.68. The number of benzene rings is 2. The van der Waals surface area contributed by atoms with E-state index < -0.39 is 20.8 Å². The number of hydrogen-bond acceptors (Lipinski definition) is 5. The van der Waals surface area contributed by atoms with Gasteiger partial charge in [0.1, 0.15) is 5.82 Å². The van der Waals surface area contributed by atoms with E-state index in [1.54, 1.807) is 13.0 Å². The maximum absolute atomic E-state index is 12.9. The van der Waals surface area contributed by atoms with E-state index in [-0.39, 0.29) is 35.9 Å². The lowest BCUT2D eigenvalue weighted by Crippen LogP contribution is -2.28. The Hall–Kier alpha value is -2.85. The Kier molecular flexibility index (Phi) is 6.81. The first-order valence-electron chi connectivity index (χ1n) is 8.38. The highest BCUT2D eigenvalue weighted by molar-refractivity contribution is 7.89. The number of sulfonamides is 1. The number of nitro groups is 1. The molecule has 150 valence electrons. The number of nitro benzene ring substituents is 1. The highest BCUT2D eigenvalue weighted by Gasteiger charge is 2.20. The van der Waals surface area contributed by atoms with E-state index in [2.05, 4.69) is 5.32 Å². The Balaban J connectivity index is 1.90. The zero-order valence-electron chi connectivity index (χ0n) is 15.4. The summed E-state index contributed by atoms with van der Waals surface area (Å²) in [6, 6.07) is 8.86. The van der Waals surface area contributed by atoms with Crippen molar-refractivity contribution in [3.63, 3.8) is 0 Å². The molecular weight excluding hydrogens is 389 g/mol. The molecule has 2 rings (SSSR count). The van der Waals surface area contributed by atoms with Gasteiger partial charge in [-0.15, -0.1) is 0 Å². The van der Waals surface area contributed by atoms with Gasteiger partial charge in [0.25, 0.3) is 5.69 Å². The molecule has 0 aliphatic heterocycles. The molecule has 0 fully saturated rings. The number of carbonyl (C=O) groups is 1. The summed E-state index contributed by atoms with van der Waals surface area (Å²) in [5.74, 6) is -0.916. The summed E-state index contributed by atoms with van der Waals surface area (Å²) in [5.41, 5.74) is 0.688. The number of anilines is 1. The molecule has 0 heterocycles. The average molecular weight is 409 g/mol. The van der Waals surface area contributed by atoms with E-state index in [0.29, 0.717) is 11.3 Å². The van der Waals surface area contributed by atoms with Crippen LogP contribution in [0.4, 0.5) is 15.8 Å². The lowest BCUT2D eigenvalue weighted by Gasteiger charge is -2.17. The Morgan fingerprint density at radius 3 is 2.46 bits per heavy atom. The molecule has 0 atom stereocenters. The number of nitrogens with one attached hydrogen (secondary N) is 1. The Labute approximate surface area is 162 Å². The van der Waals surface area contributed by atoms with Crippen molar-refractivity contribution < 1.29 is 22.5 Å². The van der Waals surface area contributed by atoms with Crippen molar-refractivity contribution in [2.75, 3.05) is 18.9 Å². The van der Waals surface area contributed by atoms with Crippen molar-refractivity contribution in [1.82, 2.24) is 4.31 Å². The van der Waals surface area contributed by atoms with Gasteiger partial charge >= 0.3 is 0 Å². The van der Waals surface area contributed by atoms with Crippen molar-refractivity contribution in [2.45, 2.75) is 24.7 Å². The predicted molar refractivity (Wildman–Crippen MR) is 102 cm³/mol. The summed E-state index contributed by atoms with van der Waals surface area (Å²) in [5, 5.41) is 13.5. The van der Waals surface area contributed by atoms with E-state index >= 15 is 0 Å². The van der Waals surface area contributed by atoms with E-state index in [4.69, 9.17) is 0 Å². The number of rotatable bonds is 8. The summed E-state index contributed by atoms with van der Waals surface area (Å²) < 4.78 is 38.8. The third kappa shape index (κ3) is 5.33. The predicted octanol–water partition coefficient (Wildman–Crippen LogP) is 3.08. The Morgan fingerprint density at radius 1 is 1.21 bits per heavy atom.